The molecule has 1 heteroatoms. The molecule has 2 unspecified atom stereocenters. The molecule has 1 nitrogen and oxygen atoms in total. The van der Waals surface area contributed by atoms with Gasteiger partial charge < -0.3 is 5.11 Å². The van der Waals surface area contributed by atoms with E-state index in [0.717, 1.165) is 6.42 Å². The van der Waals surface area contributed by atoms with Crippen LogP contribution in [0.15, 0.2) is 24.3 Å². The van der Waals surface area contributed by atoms with Crippen molar-refractivity contribution in [2.75, 3.05) is 0 Å². The highest BCUT2D eigenvalue weighted by atomic mass is 16.3. The molecule has 0 fully saturated rings. The van der Waals surface area contributed by atoms with E-state index in [9.17, 15) is 5.11 Å². The molecule has 0 heterocycles. The zero-order valence-corrected chi connectivity index (χ0v) is 10.9. The molecule has 1 aliphatic carbocycles. The van der Waals surface area contributed by atoms with Crippen LogP contribution in [0.25, 0.3) is 0 Å². The lowest BCUT2D eigenvalue weighted by atomic mass is 9.89. The number of hydrogen-bond donors (Lipinski definition) is 1. The van der Waals surface area contributed by atoms with Crippen molar-refractivity contribution < 1.29 is 5.11 Å². The van der Waals surface area contributed by atoms with Crippen molar-refractivity contribution in [1.82, 2.24) is 0 Å². The number of aryl methyl sites for hydroxylation is 1. The summed E-state index contributed by atoms with van der Waals surface area (Å²) in [5, 5.41) is 10.5. The molecule has 0 spiro atoms. The number of aliphatic hydroxyl groups excluding tert-OH is 1. The smallest absolute Gasteiger partial charge is 0.0820 e. The van der Waals surface area contributed by atoms with Crippen LogP contribution < -0.4 is 0 Å². The van der Waals surface area contributed by atoms with Crippen molar-refractivity contribution in [2.45, 2.75) is 58.0 Å². The first-order valence-electron chi connectivity index (χ1n) is 7.08. The fraction of sp³-hybridized carbons (Fsp3) is 0.625. The summed E-state index contributed by atoms with van der Waals surface area (Å²) in [6.45, 7) is 2.23. The molecule has 0 bridgehead atoms. The molecule has 2 rings (SSSR count). The van der Waals surface area contributed by atoms with Gasteiger partial charge in [0, 0.05) is 0 Å². The van der Waals surface area contributed by atoms with Gasteiger partial charge in [0.25, 0.3) is 0 Å². The quantitative estimate of drug-likeness (QED) is 0.607. The van der Waals surface area contributed by atoms with Gasteiger partial charge in [0.2, 0.25) is 0 Å². The second kappa shape index (κ2) is 6.20. The van der Waals surface area contributed by atoms with Gasteiger partial charge in [-0.25, -0.2) is 0 Å². The summed E-state index contributed by atoms with van der Waals surface area (Å²) in [5.74, 6) is 0.477. The lowest BCUT2D eigenvalue weighted by Gasteiger charge is -2.21. The van der Waals surface area contributed by atoms with E-state index in [-0.39, 0.29) is 6.10 Å². The Balaban J connectivity index is 2.06. The predicted molar refractivity (Wildman–Crippen MR) is 72.0 cm³/mol. The summed E-state index contributed by atoms with van der Waals surface area (Å²) >= 11 is 0. The summed E-state index contributed by atoms with van der Waals surface area (Å²) < 4.78 is 0. The minimum absolute atomic E-state index is 0.231. The van der Waals surface area contributed by atoms with E-state index in [2.05, 4.69) is 31.2 Å². The van der Waals surface area contributed by atoms with Gasteiger partial charge in [-0.3, -0.25) is 0 Å². The molecule has 2 atom stereocenters. The molecule has 17 heavy (non-hydrogen) atoms. The van der Waals surface area contributed by atoms with Gasteiger partial charge in [0.1, 0.15) is 0 Å². The normalized spacial score (nSPS) is 24.1. The van der Waals surface area contributed by atoms with Crippen LogP contribution in [-0.4, -0.2) is 5.11 Å². The molecular weight excluding hydrogens is 208 g/mol. The first kappa shape index (κ1) is 12.6. The maximum atomic E-state index is 10.5. The Morgan fingerprint density at radius 2 is 2.06 bits per heavy atom. The molecule has 0 radical (unpaired) electrons. The van der Waals surface area contributed by atoms with Gasteiger partial charge in [-0.05, 0) is 42.7 Å². The highest BCUT2D eigenvalue weighted by molar-refractivity contribution is 5.30. The summed E-state index contributed by atoms with van der Waals surface area (Å²) in [4.78, 5) is 0. The van der Waals surface area contributed by atoms with Crippen LogP contribution in [0.3, 0.4) is 0 Å². The number of rotatable bonds is 4. The Morgan fingerprint density at radius 3 is 2.88 bits per heavy atom. The fourth-order valence-corrected chi connectivity index (χ4v) is 2.98. The van der Waals surface area contributed by atoms with Gasteiger partial charge in [-0.1, -0.05) is 50.5 Å². The molecule has 1 aliphatic rings. The molecule has 94 valence electrons. The standard InChI is InChI=1S/C16H24O/c1-2-3-4-9-14-11-7-10-13-8-5-6-12-15(13)16(14)17/h5-6,8,12,14,16-17H,2-4,7,9-11H2,1H3. The van der Waals surface area contributed by atoms with Crippen LogP contribution in [0.4, 0.5) is 0 Å². The third-order valence-corrected chi connectivity index (χ3v) is 4.02. The van der Waals surface area contributed by atoms with Crippen molar-refractivity contribution in [3.63, 3.8) is 0 Å². The number of aliphatic hydroxyl groups is 1. The number of unbranched alkanes of at least 4 members (excludes halogenated alkanes) is 2. The number of benzene rings is 1. The van der Waals surface area contributed by atoms with Gasteiger partial charge in [-0.2, -0.15) is 0 Å². The third kappa shape index (κ3) is 3.10. The van der Waals surface area contributed by atoms with Gasteiger partial charge in [-0.15, -0.1) is 0 Å². The highest BCUT2D eigenvalue weighted by Gasteiger charge is 2.24. The average Bonchev–Trinajstić information content (AvgIpc) is 2.51. The highest BCUT2D eigenvalue weighted by Crippen LogP contribution is 2.35. The largest absolute Gasteiger partial charge is 0.388 e. The Kier molecular flexibility index (Phi) is 4.61. The zero-order valence-electron chi connectivity index (χ0n) is 10.9. The SMILES string of the molecule is CCCCCC1CCCc2ccccc2C1O. The number of hydrogen-bond acceptors (Lipinski definition) is 1. The summed E-state index contributed by atoms with van der Waals surface area (Å²) in [7, 11) is 0. The Hall–Kier alpha value is -0.820. The molecule has 1 aromatic rings. The maximum Gasteiger partial charge on any atom is 0.0820 e. The van der Waals surface area contributed by atoms with Crippen LogP contribution in [0.5, 0.6) is 0 Å². The summed E-state index contributed by atoms with van der Waals surface area (Å²) in [5.41, 5.74) is 2.55. The first-order chi connectivity index (χ1) is 8.33. The monoisotopic (exact) mass is 232 g/mol. The average molecular weight is 232 g/mol. The van der Waals surface area contributed by atoms with Gasteiger partial charge in [0.05, 0.1) is 6.10 Å². The van der Waals surface area contributed by atoms with Crippen molar-refractivity contribution in [3.05, 3.63) is 35.4 Å². The number of fused-ring (bicyclic) bond motifs is 1. The second-order valence-electron chi connectivity index (χ2n) is 5.29. The van der Waals surface area contributed by atoms with E-state index < -0.39 is 0 Å². The molecule has 0 aliphatic heterocycles. The fourth-order valence-electron chi connectivity index (χ4n) is 2.98. The van der Waals surface area contributed by atoms with Crippen molar-refractivity contribution in [2.24, 2.45) is 5.92 Å². The van der Waals surface area contributed by atoms with E-state index >= 15 is 0 Å². The minimum Gasteiger partial charge on any atom is -0.388 e. The van der Waals surface area contributed by atoms with E-state index in [1.54, 1.807) is 0 Å². The van der Waals surface area contributed by atoms with Gasteiger partial charge >= 0.3 is 0 Å². The van der Waals surface area contributed by atoms with Crippen molar-refractivity contribution in [1.29, 1.82) is 0 Å². The molecule has 0 saturated carbocycles. The molecule has 1 N–H and O–H groups in total. The Morgan fingerprint density at radius 1 is 1.24 bits per heavy atom. The maximum absolute atomic E-state index is 10.5. The van der Waals surface area contributed by atoms with Gasteiger partial charge in [0.15, 0.2) is 0 Å². The van der Waals surface area contributed by atoms with Crippen LogP contribution in [-0.2, 0) is 6.42 Å². The topological polar surface area (TPSA) is 20.2 Å². The van der Waals surface area contributed by atoms with Crippen LogP contribution in [0.2, 0.25) is 0 Å². The molecule has 0 amide bonds. The second-order valence-corrected chi connectivity index (χ2v) is 5.29. The van der Waals surface area contributed by atoms with Crippen LogP contribution in [0.1, 0.15) is 62.7 Å². The lowest BCUT2D eigenvalue weighted by molar-refractivity contribution is 0.0980. The van der Waals surface area contributed by atoms with Crippen LogP contribution in [0, 0.1) is 5.92 Å². The van der Waals surface area contributed by atoms with E-state index in [1.807, 2.05) is 0 Å². The first-order valence-corrected chi connectivity index (χ1v) is 7.08. The van der Waals surface area contributed by atoms with Crippen molar-refractivity contribution >= 4 is 0 Å². The Labute approximate surface area is 105 Å². The molecule has 0 saturated heterocycles. The van der Waals surface area contributed by atoms with Crippen LogP contribution >= 0.6 is 0 Å². The summed E-state index contributed by atoms with van der Waals surface area (Å²) in [6, 6.07) is 8.42. The Bertz CT molecular complexity index is 345. The summed E-state index contributed by atoms with van der Waals surface area (Å²) in [6.07, 6.45) is 8.32. The van der Waals surface area contributed by atoms with E-state index in [0.29, 0.717) is 5.92 Å². The van der Waals surface area contributed by atoms with E-state index in [1.165, 1.54) is 49.7 Å². The molecular formula is C16H24O. The molecule has 0 aromatic heterocycles. The zero-order chi connectivity index (χ0) is 12.1. The predicted octanol–water partition coefficient (Wildman–Crippen LogP) is 4.25. The third-order valence-electron chi connectivity index (χ3n) is 4.02. The molecule has 1 aromatic carbocycles. The van der Waals surface area contributed by atoms with E-state index in [4.69, 9.17) is 0 Å². The van der Waals surface area contributed by atoms with Crippen molar-refractivity contribution in [3.8, 4) is 0 Å². The minimum atomic E-state index is -0.231. The lowest BCUT2D eigenvalue weighted by Crippen LogP contribution is -2.11.